The summed E-state index contributed by atoms with van der Waals surface area (Å²) in [4.78, 5) is 17.6. The van der Waals surface area contributed by atoms with E-state index in [0.29, 0.717) is 26.0 Å². The molecule has 2 aromatic carbocycles. The van der Waals surface area contributed by atoms with Gasteiger partial charge in [0, 0.05) is 12.6 Å². The Labute approximate surface area is 178 Å². The van der Waals surface area contributed by atoms with E-state index in [9.17, 15) is 13.6 Å². The van der Waals surface area contributed by atoms with E-state index in [0.717, 1.165) is 28.8 Å². The van der Waals surface area contributed by atoms with Crippen LogP contribution in [0.15, 0.2) is 53.6 Å². The Morgan fingerprint density at radius 2 is 2.00 bits per heavy atom. The second-order valence-electron chi connectivity index (χ2n) is 6.68. The number of nitrogens with two attached hydrogens (primary N) is 1. The Morgan fingerprint density at radius 3 is 2.67 bits per heavy atom. The van der Waals surface area contributed by atoms with Crippen LogP contribution in [0, 0.1) is 11.6 Å². The Kier molecular flexibility index (Phi) is 7.06. The third-order valence-corrected chi connectivity index (χ3v) is 6.12. The third kappa shape index (κ3) is 4.33. The molecule has 0 saturated heterocycles. The highest BCUT2D eigenvalue weighted by Gasteiger charge is 2.49. The number of benzene rings is 2. The Morgan fingerprint density at radius 1 is 1.27 bits per heavy atom. The minimum absolute atomic E-state index is 0.00224. The highest BCUT2D eigenvalue weighted by atomic mass is 32.2. The number of urea groups is 1. The van der Waals surface area contributed by atoms with E-state index in [4.69, 9.17) is 10.6 Å². The summed E-state index contributed by atoms with van der Waals surface area (Å²) in [5, 5.41) is 7.04. The van der Waals surface area contributed by atoms with Crippen LogP contribution < -0.4 is 5.73 Å². The van der Waals surface area contributed by atoms with Crippen LogP contribution in [0.4, 0.5) is 13.6 Å². The molecule has 0 bridgehead atoms. The first kappa shape index (κ1) is 22.2. The molecule has 1 aliphatic rings. The summed E-state index contributed by atoms with van der Waals surface area (Å²) in [5.41, 5.74) is 6.57. The highest BCUT2D eigenvalue weighted by Crippen LogP contribution is 2.50. The molecule has 2 aromatic rings. The van der Waals surface area contributed by atoms with E-state index < -0.39 is 22.5 Å². The van der Waals surface area contributed by atoms with Crippen LogP contribution in [-0.4, -0.2) is 41.3 Å². The van der Waals surface area contributed by atoms with Crippen LogP contribution in [0.2, 0.25) is 0 Å². The average molecular weight is 435 g/mol. The molecule has 0 fully saturated rings. The van der Waals surface area contributed by atoms with Gasteiger partial charge in [-0.25, -0.2) is 18.6 Å². The lowest BCUT2D eigenvalue weighted by Crippen LogP contribution is -2.47. The number of carbonyl (C=O) groups is 1. The molecule has 3 rings (SSSR count). The van der Waals surface area contributed by atoms with Crippen molar-refractivity contribution in [1.82, 2.24) is 10.1 Å². The molecule has 2 amide bonds. The molecular weight excluding hydrogens is 410 g/mol. The number of hydrogen-bond acceptors (Lipinski definition) is 5. The molecule has 6 nitrogen and oxygen atoms in total. The molecule has 30 heavy (non-hydrogen) atoms. The van der Waals surface area contributed by atoms with Crippen molar-refractivity contribution in [2.24, 2.45) is 10.8 Å². The van der Waals surface area contributed by atoms with Gasteiger partial charge >= 0.3 is 6.03 Å². The van der Waals surface area contributed by atoms with Crippen molar-refractivity contribution in [3.63, 3.8) is 0 Å². The summed E-state index contributed by atoms with van der Waals surface area (Å²) >= 11 is 1.21. The van der Waals surface area contributed by atoms with Crippen molar-refractivity contribution < 1.29 is 18.4 Å². The summed E-state index contributed by atoms with van der Waals surface area (Å²) < 4.78 is 28.4. The second kappa shape index (κ2) is 9.55. The number of hydrogen-bond donors (Lipinski definition) is 1. The van der Waals surface area contributed by atoms with Gasteiger partial charge in [0.1, 0.15) is 21.5 Å². The van der Waals surface area contributed by atoms with Crippen molar-refractivity contribution >= 4 is 22.8 Å². The molecule has 0 aliphatic carbocycles. The number of rotatable bonds is 7. The normalized spacial score (nSPS) is 18.4. The van der Waals surface area contributed by atoms with Crippen molar-refractivity contribution in [2.75, 3.05) is 20.2 Å². The lowest BCUT2D eigenvalue weighted by molar-refractivity contribution is -0.105. The third-order valence-electron chi connectivity index (χ3n) is 4.68. The van der Waals surface area contributed by atoms with Crippen molar-refractivity contribution in [2.45, 2.75) is 24.6 Å². The van der Waals surface area contributed by atoms with E-state index in [1.54, 1.807) is 6.92 Å². The van der Waals surface area contributed by atoms with Gasteiger partial charge in [0.2, 0.25) is 0 Å². The topological polar surface area (TPSA) is 71.2 Å². The predicted octanol–water partition coefficient (Wildman–Crippen LogP) is 4.27. The Balaban J connectivity index is 2.13. The fraction of sp³-hybridized carbons (Fsp3) is 0.333. The van der Waals surface area contributed by atoms with Gasteiger partial charge in [-0.15, -0.1) is 0 Å². The maximum Gasteiger partial charge on any atom is 0.365 e. The molecule has 9 heteroatoms. The summed E-state index contributed by atoms with van der Waals surface area (Å²) in [6.45, 7) is 2.46. The number of hydrazone groups is 1. The van der Waals surface area contributed by atoms with Gasteiger partial charge in [-0.2, -0.15) is 10.1 Å². The van der Waals surface area contributed by atoms with Gasteiger partial charge in [-0.1, -0.05) is 42.1 Å². The first-order valence-corrected chi connectivity index (χ1v) is 10.4. The standard InChI is InChI=1S/C21H24F2N4O2S/c1-3-29-26(2)20(28)27-21(12-7-13-24,15-8-5-4-6-9-15)30-19(25-27)17-14-16(22)10-11-18(17)23/h4-6,8-11,14H,3,7,12-13,24H2,1-2H3. The number of halogens is 2. The fourth-order valence-electron chi connectivity index (χ4n) is 3.27. The maximum absolute atomic E-state index is 14.5. The summed E-state index contributed by atoms with van der Waals surface area (Å²) in [6.07, 6.45) is 1.06. The number of carbonyl (C=O) groups excluding carboxylic acids is 1. The number of thioether (sulfide) groups is 1. The first-order valence-electron chi connectivity index (χ1n) is 9.62. The molecule has 2 N–H and O–H groups in total. The van der Waals surface area contributed by atoms with Crippen molar-refractivity contribution in [3.05, 3.63) is 71.3 Å². The quantitative estimate of drug-likeness (QED) is 0.661. The lowest BCUT2D eigenvalue weighted by atomic mass is 10.0. The summed E-state index contributed by atoms with van der Waals surface area (Å²) in [5.74, 6) is -1.20. The molecule has 0 aromatic heterocycles. The zero-order valence-corrected chi connectivity index (χ0v) is 17.7. The van der Waals surface area contributed by atoms with Crippen molar-refractivity contribution in [1.29, 1.82) is 0 Å². The molecule has 1 heterocycles. The van der Waals surface area contributed by atoms with E-state index in [1.165, 1.54) is 23.8 Å². The monoisotopic (exact) mass is 434 g/mol. The molecule has 0 saturated carbocycles. The van der Waals surface area contributed by atoms with Gasteiger partial charge in [0.05, 0.1) is 6.61 Å². The minimum atomic E-state index is -0.975. The number of amides is 2. The highest BCUT2D eigenvalue weighted by molar-refractivity contribution is 8.15. The summed E-state index contributed by atoms with van der Waals surface area (Å²) in [7, 11) is 1.49. The molecule has 1 unspecified atom stereocenters. The van der Waals surface area contributed by atoms with Gasteiger partial charge in [-0.3, -0.25) is 4.84 Å². The zero-order valence-electron chi connectivity index (χ0n) is 16.8. The lowest BCUT2D eigenvalue weighted by Gasteiger charge is -2.37. The largest absolute Gasteiger partial charge is 0.365 e. The molecule has 160 valence electrons. The zero-order chi connectivity index (χ0) is 21.7. The van der Waals surface area contributed by atoms with E-state index in [2.05, 4.69) is 5.10 Å². The molecular formula is C21H24F2N4O2S. The first-order chi connectivity index (χ1) is 14.4. The van der Waals surface area contributed by atoms with E-state index in [-0.39, 0.29) is 10.6 Å². The van der Waals surface area contributed by atoms with E-state index in [1.807, 2.05) is 30.3 Å². The van der Waals surface area contributed by atoms with E-state index >= 15 is 0 Å². The minimum Gasteiger partial charge on any atom is -0.330 e. The van der Waals surface area contributed by atoms with Gasteiger partial charge in [-0.05, 0) is 50.1 Å². The van der Waals surface area contributed by atoms with Crippen LogP contribution in [0.1, 0.15) is 30.9 Å². The second-order valence-corrected chi connectivity index (χ2v) is 7.95. The van der Waals surface area contributed by atoms with Gasteiger partial charge in [0.25, 0.3) is 0 Å². The van der Waals surface area contributed by atoms with Crippen LogP contribution in [-0.2, 0) is 9.71 Å². The Bertz CT molecular complexity index is 928. The van der Waals surface area contributed by atoms with Crippen LogP contribution in [0.25, 0.3) is 0 Å². The summed E-state index contributed by atoms with van der Waals surface area (Å²) in [6, 6.07) is 12.0. The molecule has 1 aliphatic heterocycles. The van der Waals surface area contributed by atoms with Gasteiger partial charge < -0.3 is 5.73 Å². The predicted molar refractivity (Wildman–Crippen MR) is 114 cm³/mol. The smallest absolute Gasteiger partial charge is 0.330 e. The van der Waals surface area contributed by atoms with Crippen LogP contribution in [0.5, 0.6) is 0 Å². The maximum atomic E-state index is 14.5. The average Bonchev–Trinajstić information content (AvgIpc) is 3.14. The van der Waals surface area contributed by atoms with Gasteiger partial charge in [0.15, 0.2) is 0 Å². The van der Waals surface area contributed by atoms with Crippen LogP contribution in [0.3, 0.4) is 0 Å². The fourth-order valence-corrected chi connectivity index (χ4v) is 4.68. The molecule has 0 spiro atoms. The number of hydroxylamine groups is 2. The molecule has 1 atom stereocenters. The van der Waals surface area contributed by atoms with Crippen LogP contribution >= 0.6 is 11.8 Å². The van der Waals surface area contributed by atoms with Crippen molar-refractivity contribution in [3.8, 4) is 0 Å². The SMILES string of the molecule is CCON(C)C(=O)N1N=C(c2cc(F)ccc2F)SC1(CCCN)c1ccccc1. The Hall–Kier alpha value is -2.49. The molecule has 0 radical (unpaired) electrons. The number of nitrogens with zero attached hydrogens (tertiary/aromatic N) is 3.